The second-order valence-electron chi connectivity index (χ2n) is 7.20. The maximum Gasteiger partial charge on any atom is 0.410 e. The van der Waals surface area contributed by atoms with Crippen LogP contribution in [-0.4, -0.2) is 38.7 Å². The summed E-state index contributed by atoms with van der Waals surface area (Å²) in [4.78, 5) is 30.4. The molecule has 0 atom stereocenters. The lowest BCUT2D eigenvalue weighted by molar-refractivity contribution is 0.0195. The van der Waals surface area contributed by atoms with Crippen molar-refractivity contribution in [3.05, 3.63) is 53.6 Å². The number of rotatable bonds is 3. The van der Waals surface area contributed by atoms with Crippen LogP contribution in [0, 0.1) is 0 Å². The number of aromatic nitrogens is 2. The second kappa shape index (κ2) is 7.19. The zero-order valence-corrected chi connectivity index (χ0v) is 15.3. The number of ether oxygens (including phenoxy) is 2. The summed E-state index contributed by atoms with van der Waals surface area (Å²) in [5.74, 6) is 0.174. The minimum absolute atomic E-state index is 0.200. The third-order valence-electron chi connectivity index (χ3n) is 3.88. The number of imidazole rings is 1. The van der Waals surface area contributed by atoms with E-state index in [4.69, 9.17) is 9.47 Å². The van der Waals surface area contributed by atoms with Gasteiger partial charge >= 0.3 is 12.1 Å². The zero-order chi connectivity index (χ0) is 18.7. The maximum absolute atomic E-state index is 12.2. The second-order valence-corrected chi connectivity index (χ2v) is 7.20. The summed E-state index contributed by atoms with van der Waals surface area (Å²) in [6, 6.07) is 9.48. The van der Waals surface area contributed by atoms with Crippen LogP contribution in [0.3, 0.4) is 0 Å². The third-order valence-corrected chi connectivity index (χ3v) is 3.88. The lowest BCUT2D eigenvalue weighted by Gasteiger charge is -2.30. The number of nitrogens with zero attached hydrogens (tertiary/aromatic N) is 3. The number of amides is 1. The summed E-state index contributed by atoms with van der Waals surface area (Å²) >= 11 is 0. The first-order valence-electron chi connectivity index (χ1n) is 8.57. The van der Waals surface area contributed by atoms with Gasteiger partial charge in [-0.2, -0.15) is 0 Å². The summed E-state index contributed by atoms with van der Waals surface area (Å²) in [6.45, 7) is 7.07. The molecule has 0 unspecified atom stereocenters. The first kappa shape index (κ1) is 18.0. The average molecular weight is 357 g/mol. The Balaban J connectivity index is 1.62. The van der Waals surface area contributed by atoms with Gasteiger partial charge in [-0.3, -0.25) is 4.90 Å². The van der Waals surface area contributed by atoms with Crippen molar-refractivity contribution in [3.8, 4) is 0 Å². The minimum atomic E-state index is -0.545. The van der Waals surface area contributed by atoms with E-state index in [0.717, 1.165) is 5.56 Å². The molecular formula is C19H23N3O4. The van der Waals surface area contributed by atoms with Gasteiger partial charge < -0.3 is 14.0 Å². The molecule has 0 N–H and O–H groups in total. The third kappa shape index (κ3) is 4.41. The van der Waals surface area contributed by atoms with Crippen LogP contribution in [0.4, 0.5) is 4.79 Å². The van der Waals surface area contributed by atoms with Crippen LogP contribution in [-0.2, 0) is 29.2 Å². The fraction of sp³-hybridized carbons (Fsp3) is 0.421. The fourth-order valence-electron chi connectivity index (χ4n) is 2.63. The molecule has 0 spiro atoms. The number of esters is 1. The van der Waals surface area contributed by atoms with Crippen molar-refractivity contribution >= 4 is 12.1 Å². The molecular weight excluding hydrogens is 334 g/mol. The van der Waals surface area contributed by atoms with Crippen LogP contribution in [0.15, 0.2) is 36.5 Å². The molecule has 1 aliphatic rings. The molecule has 1 amide bonds. The van der Waals surface area contributed by atoms with Gasteiger partial charge in [-0.15, -0.1) is 0 Å². The van der Waals surface area contributed by atoms with Crippen LogP contribution >= 0.6 is 0 Å². The molecule has 1 aromatic heterocycles. The van der Waals surface area contributed by atoms with Crippen molar-refractivity contribution in [2.45, 2.75) is 46.1 Å². The number of hydrogen-bond acceptors (Lipinski definition) is 5. The Morgan fingerprint density at radius 1 is 1.15 bits per heavy atom. The predicted octanol–water partition coefficient (Wildman–Crippen LogP) is 2.99. The standard InChI is InChI=1S/C19H23N3O4/c1-19(2,3)26-18(24)22-10-9-21-11-15(20-16(21)12-22)17(23)25-13-14-7-5-4-6-8-14/h4-8,11H,9-10,12-13H2,1-3H3. The lowest BCUT2D eigenvalue weighted by Crippen LogP contribution is -2.41. The molecule has 2 aromatic rings. The highest BCUT2D eigenvalue weighted by atomic mass is 16.6. The molecule has 1 aliphatic heterocycles. The Morgan fingerprint density at radius 2 is 1.88 bits per heavy atom. The van der Waals surface area contributed by atoms with Gasteiger partial charge in [0.25, 0.3) is 0 Å². The van der Waals surface area contributed by atoms with Gasteiger partial charge in [0.15, 0.2) is 5.69 Å². The molecule has 138 valence electrons. The van der Waals surface area contributed by atoms with Gasteiger partial charge in [-0.1, -0.05) is 30.3 Å². The first-order valence-corrected chi connectivity index (χ1v) is 8.57. The van der Waals surface area contributed by atoms with Crippen LogP contribution in [0.5, 0.6) is 0 Å². The number of benzene rings is 1. The molecule has 0 bridgehead atoms. The first-order chi connectivity index (χ1) is 12.3. The van der Waals surface area contributed by atoms with E-state index < -0.39 is 11.6 Å². The Morgan fingerprint density at radius 3 is 2.58 bits per heavy atom. The predicted molar refractivity (Wildman–Crippen MR) is 94.4 cm³/mol. The van der Waals surface area contributed by atoms with Gasteiger partial charge in [0, 0.05) is 19.3 Å². The highest BCUT2D eigenvalue weighted by Gasteiger charge is 2.27. The summed E-state index contributed by atoms with van der Waals surface area (Å²) in [5, 5.41) is 0. The Kier molecular flexibility index (Phi) is 4.97. The Hall–Kier alpha value is -2.83. The van der Waals surface area contributed by atoms with E-state index in [-0.39, 0.29) is 18.4 Å². The Labute approximate surface area is 152 Å². The topological polar surface area (TPSA) is 73.7 Å². The molecule has 0 radical (unpaired) electrons. The number of carbonyl (C=O) groups excluding carboxylic acids is 2. The van der Waals surface area contributed by atoms with Gasteiger partial charge in [0.2, 0.25) is 0 Å². The van der Waals surface area contributed by atoms with Crippen LogP contribution in [0.25, 0.3) is 0 Å². The molecule has 0 fully saturated rings. The van der Waals surface area contributed by atoms with Crippen LogP contribution in [0.1, 0.15) is 42.6 Å². The summed E-state index contributed by atoms with van der Waals surface area (Å²) in [7, 11) is 0. The molecule has 7 nitrogen and oxygen atoms in total. The van der Waals surface area contributed by atoms with E-state index in [1.54, 1.807) is 11.1 Å². The largest absolute Gasteiger partial charge is 0.456 e. The molecule has 2 heterocycles. The van der Waals surface area contributed by atoms with Crippen molar-refractivity contribution < 1.29 is 19.1 Å². The fourth-order valence-corrected chi connectivity index (χ4v) is 2.63. The van der Waals surface area contributed by atoms with Crippen molar-refractivity contribution in [2.24, 2.45) is 0 Å². The van der Waals surface area contributed by atoms with Gasteiger partial charge in [-0.05, 0) is 26.3 Å². The van der Waals surface area contributed by atoms with Crippen molar-refractivity contribution in [1.29, 1.82) is 0 Å². The van der Waals surface area contributed by atoms with Gasteiger partial charge in [0.1, 0.15) is 18.0 Å². The van der Waals surface area contributed by atoms with E-state index in [0.29, 0.717) is 25.5 Å². The summed E-state index contributed by atoms with van der Waals surface area (Å²) in [5.41, 5.74) is 0.624. The van der Waals surface area contributed by atoms with E-state index in [1.165, 1.54) is 0 Å². The highest BCUT2D eigenvalue weighted by Crippen LogP contribution is 2.17. The molecule has 7 heteroatoms. The van der Waals surface area contributed by atoms with Crippen molar-refractivity contribution in [2.75, 3.05) is 6.54 Å². The quantitative estimate of drug-likeness (QED) is 0.790. The number of carbonyl (C=O) groups is 2. The van der Waals surface area contributed by atoms with E-state index in [1.807, 2.05) is 55.7 Å². The van der Waals surface area contributed by atoms with E-state index in [9.17, 15) is 9.59 Å². The van der Waals surface area contributed by atoms with Crippen LogP contribution < -0.4 is 0 Å². The summed E-state index contributed by atoms with van der Waals surface area (Å²) < 4.78 is 12.6. The monoisotopic (exact) mass is 357 g/mol. The smallest absolute Gasteiger partial charge is 0.410 e. The molecule has 3 rings (SSSR count). The molecule has 0 aliphatic carbocycles. The lowest BCUT2D eigenvalue weighted by atomic mass is 10.2. The SMILES string of the molecule is CC(C)(C)OC(=O)N1CCn2cc(C(=O)OCc3ccccc3)nc2C1. The summed E-state index contributed by atoms with van der Waals surface area (Å²) in [6.07, 6.45) is 1.30. The highest BCUT2D eigenvalue weighted by molar-refractivity contribution is 5.87. The number of hydrogen-bond donors (Lipinski definition) is 0. The molecule has 1 aromatic carbocycles. The zero-order valence-electron chi connectivity index (χ0n) is 15.3. The molecule has 0 saturated heterocycles. The molecule has 0 saturated carbocycles. The molecule has 26 heavy (non-hydrogen) atoms. The average Bonchev–Trinajstić information content (AvgIpc) is 3.02. The minimum Gasteiger partial charge on any atom is -0.456 e. The van der Waals surface area contributed by atoms with E-state index in [2.05, 4.69) is 4.98 Å². The van der Waals surface area contributed by atoms with Gasteiger partial charge in [-0.25, -0.2) is 14.6 Å². The van der Waals surface area contributed by atoms with Crippen molar-refractivity contribution in [1.82, 2.24) is 14.5 Å². The van der Waals surface area contributed by atoms with Crippen LogP contribution in [0.2, 0.25) is 0 Å². The normalized spacial score (nSPS) is 13.9. The number of fused-ring (bicyclic) bond motifs is 1. The van der Waals surface area contributed by atoms with Gasteiger partial charge in [0.05, 0.1) is 6.54 Å². The van der Waals surface area contributed by atoms with Crippen molar-refractivity contribution in [3.63, 3.8) is 0 Å². The Bertz CT molecular complexity index is 793. The maximum atomic E-state index is 12.2. The van der Waals surface area contributed by atoms with E-state index >= 15 is 0 Å².